The van der Waals surface area contributed by atoms with Gasteiger partial charge in [0.15, 0.2) is 0 Å². The summed E-state index contributed by atoms with van der Waals surface area (Å²) in [4.78, 5) is 2.17. The number of furan rings is 1. The van der Waals surface area contributed by atoms with E-state index in [4.69, 9.17) is 14.9 Å². The van der Waals surface area contributed by atoms with Gasteiger partial charge in [-0.15, -0.1) is 0 Å². The molecule has 0 aliphatic rings. The molecule has 2 rings (SSSR count). The number of ether oxygens (including phenoxy) is 1. The highest BCUT2D eigenvalue weighted by Gasteiger charge is 2.06. The highest BCUT2D eigenvalue weighted by Crippen LogP contribution is 2.20. The molecule has 0 aliphatic carbocycles. The molecule has 0 aliphatic heterocycles. The highest BCUT2D eigenvalue weighted by molar-refractivity contribution is 5.47. The van der Waals surface area contributed by atoms with Crippen molar-refractivity contribution < 1.29 is 9.15 Å². The lowest BCUT2D eigenvalue weighted by atomic mass is 10.2. The van der Waals surface area contributed by atoms with Crippen LogP contribution in [0.1, 0.15) is 17.1 Å². The number of hydrogen-bond acceptors (Lipinski definition) is 4. The van der Waals surface area contributed by atoms with E-state index in [0.29, 0.717) is 0 Å². The normalized spacial score (nSPS) is 10.9. The molecule has 1 aromatic heterocycles. The molecule has 2 N–H and O–H groups in total. The largest absolute Gasteiger partial charge is 0.497 e. The van der Waals surface area contributed by atoms with E-state index in [1.807, 2.05) is 44.3 Å². The van der Waals surface area contributed by atoms with Crippen molar-refractivity contribution >= 4 is 5.69 Å². The van der Waals surface area contributed by atoms with E-state index >= 15 is 0 Å². The minimum atomic E-state index is 0.719. The number of nitrogens with zero attached hydrogens (tertiary/aromatic N) is 1. The first-order valence-electron chi connectivity index (χ1n) is 6.24. The van der Waals surface area contributed by atoms with Crippen LogP contribution < -0.4 is 10.5 Å². The summed E-state index contributed by atoms with van der Waals surface area (Å²) in [5, 5.41) is 0. The molecule has 4 nitrogen and oxygen atoms in total. The molecule has 0 saturated heterocycles. The van der Waals surface area contributed by atoms with Crippen LogP contribution in [0.25, 0.3) is 0 Å². The second-order valence-electron chi connectivity index (χ2n) is 4.80. The van der Waals surface area contributed by atoms with E-state index in [0.717, 1.165) is 41.6 Å². The Hall–Kier alpha value is -1.94. The summed E-state index contributed by atoms with van der Waals surface area (Å²) in [6.45, 7) is 3.51. The molecule has 0 fully saturated rings. The van der Waals surface area contributed by atoms with Crippen LogP contribution in [0.2, 0.25) is 0 Å². The molecular weight excluding hydrogens is 240 g/mol. The molecule has 4 heteroatoms. The van der Waals surface area contributed by atoms with Crippen molar-refractivity contribution in [2.75, 3.05) is 19.9 Å². The van der Waals surface area contributed by atoms with Gasteiger partial charge in [0.05, 0.1) is 13.7 Å². The van der Waals surface area contributed by atoms with E-state index < -0.39 is 0 Å². The van der Waals surface area contributed by atoms with Gasteiger partial charge in [-0.2, -0.15) is 0 Å². The van der Waals surface area contributed by atoms with Gasteiger partial charge in [-0.05, 0) is 43.8 Å². The van der Waals surface area contributed by atoms with Crippen LogP contribution in [-0.4, -0.2) is 19.1 Å². The number of aryl methyl sites for hydroxylation is 1. The fraction of sp³-hybridized carbons (Fsp3) is 0.333. The van der Waals surface area contributed by atoms with Gasteiger partial charge in [0.25, 0.3) is 0 Å². The Morgan fingerprint density at radius 2 is 2.00 bits per heavy atom. The van der Waals surface area contributed by atoms with Gasteiger partial charge in [-0.1, -0.05) is 0 Å². The maximum Gasteiger partial charge on any atom is 0.121 e. The summed E-state index contributed by atoms with van der Waals surface area (Å²) in [7, 11) is 3.70. The third-order valence-electron chi connectivity index (χ3n) is 2.90. The third kappa shape index (κ3) is 3.76. The van der Waals surface area contributed by atoms with E-state index in [1.165, 1.54) is 0 Å². The molecule has 0 amide bonds. The smallest absolute Gasteiger partial charge is 0.121 e. The predicted molar refractivity (Wildman–Crippen MR) is 76.0 cm³/mol. The molecule has 0 unspecified atom stereocenters. The zero-order valence-corrected chi connectivity index (χ0v) is 11.6. The van der Waals surface area contributed by atoms with Crippen LogP contribution in [0.4, 0.5) is 5.69 Å². The fourth-order valence-corrected chi connectivity index (χ4v) is 2.10. The van der Waals surface area contributed by atoms with Crippen LogP contribution in [0.5, 0.6) is 5.75 Å². The van der Waals surface area contributed by atoms with Crippen LogP contribution in [0.3, 0.4) is 0 Å². The van der Waals surface area contributed by atoms with Crippen molar-refractivity contribution in [1.29, 1.82) is 0 Å². The Labute approximate surface area is 113 Å². The molecule has 0 atom stereocenters. The highest BCUT2D eigenvalue weighted by atomic mass is 16.5. The molecule has 1 heterocycles. The zero-order chi connectivity index (χ0) is 13.8. The Morgan fingerprint density at radius 1 is 1.21 bits per heavy atom. The average molecular weight is 260 g/mol. The lowest BCUT2D eigenvalue weighted by molar-refractivity contribution is 0.285. The molecule has 19 heavy (non-hydrogen) atoms. The van der Waals surface area contributed by atoms with E-state index in [9.17, 15) is 0 Å². The second-order valence-corrected chi connectivity index (χ2v) is 4.80. The molecule has 2 aromatic rings. The summed E-state index contributed by atoms with van der Waals surface area (Å²) in [6, 6.07) is 9.77. The molecule has 1 aromatic carbocycles. The Bertz CT molecular complexity index is 549. The Kier molecular flexibility index (Phi) is 4.12. The monoisotopic (exact) mass is 260 g/mol. The van der Waals surface area contributed by atoms with Gasteiger partial charge in [0.1, 0.15) is 17.3 Å². The van der Waals surface area contributed by atoms with Gasteiger partial charge in [-0.3, -0.25) is 4.90 Å². The van der Waals surface area contributed by atoms with E-state index in [-0.39, 0.29) is 0 Å². The van der Waals surface area contributed by atoms with E-state index in [1.54, 1.807) is 7.11 Å². The number of methoxy groups -OCH3 is 1. The maximum absolute atomic E-state index is 5.85. The molecule has 0 spiro atoms. The first-order chi connectivity index (χ1) is 9.06. The van der Waals surface area contributed by atoms with Gasteiger partial charge >= 0.3 is 0 Å². The van der Waals surface area contributed by atoms with Crippen LogP contribution >= 0.6 is 0 Å². The zero-order valence-electron chi connectivity index (χ0n) is 11.6. The Balaban J connectivity index is 2.02. The third-order valence-corrected chi connectivity index (χ3v) is 2.90. The standard InChI is InChI=1S/C15H20N2O2/c1-11-4-5-14(19-11)10-17(2)9-12-6-13(16)8-15(7-12)18-3/h4-8H,9-10,16H2,1-3H3. The van der Waals surface area contributed by atoms with Crippen molar-refractivity contribution in [3.05, 3.63) is 47.4 Å². The van der Waals surface area contributed by atoms with Crippen LogP contribution in [-0.2, 0) is 13.1 Å². The molecule has 0 bridgehead atoms. The molecule has 0 radical (unpaired) electrons. The number of rotatable bonds is 5. The second kappa shape index (κ2) is 5.80. The summed E-state index contributed by atoms with van der Waals surface area (Å²) in [5.74, 6) is 2.70. The molecule has 0 saturated carbocycles. The van der Waals surface area contributed by atoms with Crippen molar-refractivity contribution in [2.45, 2.75) is 20.0 Å². The molecule has 102 valence electrons. The van der Waals surface area contributed by atoms with Gasteiger partial charge in [-0.25, -0.2) is 0 Å². The lowest BCUT2D eigenvalue weighted by Gasteiger charge is -2.16. The quantitative estimate of drug-likeness (QED) is 0.840. The van der Waals surface area contributed by atoms with E-state index in [2.05, 4.69) is 4.90 Å². The number of benzene rings is 1. The lowest BCUT2D eigenvalue weighted by Crippen LogP contribution is -2.17. The van der Waals surface area contributed by atoms with Gasteiger partial charge < -0.3 is 14.9 Å². The first kappa shape index (κ1) is 13.5. The first-order valence-corrected chi connectivity index (χ1v) is 6.24. The van der Waals surface area contributed by atoms with Gasteiger partial charge in [0, 0.05) is 18.3 Å². The Morgan fingerprint density at radius 3 is 2.63 bits per heavy atom. The van der Waals surface area contributed by atoms with Crippen molar-refractivity contribution in [3.63, 3.8) is 0 Å². The van der Waals surface area contributed by atoms with Crippen molar-refractivity contribution in [3.8, 4) is 5.75 Å². The SMILES string of the molecule is COc1cc(N)cc(CN(C)Cc2ccc(C)o2)c1. The minimum Gasteiger partial charge on any atom is -0.497 e. The summed E-state index contributed by atoms with van der Waals surface area (Å²) in [6.07, 6.45) is 0. The summed E-state index contributed by atoms with van der Waals surface area (Å²) < 4.78 is 10.8. The summed E-state index contributed by atoms with van der Waals surface area (Å²) >= 11 is 0. The van der Waals surface area contributed by atoms with Gasteiger partial charge in [0.2, 0.25) is 0 Å². The summed E-state index contributed by atoms with van der Waals surface area (Å²) in [5.41, 5.74) is 7.70. The minimum absolute atomic E-state index is 0.719. The maximum atomic E-state index is 5.85. The average Bonchev–Trinajstić information content (AvgIpc) is 2.73. The number of anilines is 1. The van der Waals surface area contributed by atoms with Crippen molar-refractivity contribution in [1.82, 2.24) is 4.90 Å². The topological polar surface area (TPSA) is 51.6 Å². The number of nitrogens with two attached hydrogens (primary N) is 1. The molecular formula is C15H20N2O2. The van der Waals surface area contributed by atoms with Crippen LogP contribution in [0.15, 0.2) is 34.7 Å². The number of hydrogen-bond donors (Lipinski definition) is 1. The van der Waals surface area contributed by atoms with Crippen LogP contribution in [0, 0.1) is 6.92 Å². The number of nitrogen functional groups attached to an aromatic ring is 1. The fourth-order valence-electron chi connectivity index (χ4n) is 2.10. The predicted octanol–water partition coefficient (Wildman–Crippen LogP) is 2.81. The van der Waals surface area contributed by atoms with Crippen molar-refractivity contribution in [2.24, 2.45) is 0 Å².